The minimum absolute atomic E-state index is 0.0657. The molecule has 1 N–H and O–H groups in total. The van der Waals surface area contributed by atoms with Crippen molar-refractivity contribution >= 4 is 22.8 Å². The zero-order valence-electron chi connectivity index (χ0n) is 15.1. The first-order chi connectivity index (χ1) is 10.9. The van der Waals surface area contributed by atoms with Gasteiger partial charge >= 0.3 is 0 Å². The van der Waals surface area contributed by atoms with Crippen LogP contribution in [0.25, 0.3) is 0 Å². The second-order valence-electron chi connectivity index (χ2n) is 7.39. The summed E-state index contributed by atoms with van der Waals surface area (Å²) in [4.78, 5) is 20.1. The van der Waals surface area contributed by atoms with Gasteiger partial charge in [0.15, 0.2) is 5.17 Å². The Labute approximate surface area is 145 Å². The number of aliphatic imine (C=N–C) groups is 1. The Morgan fingerprint density at radius 3 is 2.70 bits per heavy atom. The van der Waals surface area contributed by atoms with Gasteiger partial charge in [0, 0.05) is 30.7 Å². The van der Waals surface area contributed by atoms with Crippen LogP contribution in [0.1, 0.15) is 66.2 Å². The molecule has 1 amide bonds. The quantitative estimate of drug-likeness (QED) is 0.677. The smallest absolute Gasteiger partial charge is 0.259 e. The number of thioether (sulfide) groups is 1. The van der Waals surface area contributed by atoms with Crippen LogP contribution in [0.4, 0.5) is 0 Å². The van der Waals surface area contributed by atoms with Crippen LogP contribution in [0.3, 0.4) is 0 Å². The number of nitrogens with one attached hydrogen (secondary N) is 1. The first-order valence-corrected chi connectivity index (χ1v) is 9.75. The minimum Gasteiger partial charge on any atom is -0.352 e. The third-order valence-corrected chi connectivity index (χ3v) is 5.63. The average Bonchev–Trinajstić information content (AvgIpc) is 2.82. The lowest BCUT2D eigenvalue weighted by atomic mass is 9.92. The Kier molecular flexibility index (Phi) is 6.57. The van der Waals surface area contributed by atoms with E-state index in [9.17, 15) is 4.79 Å². The van der Waals surface area contributed by atoms with Crippen molar-refractivity contribution in [3.05, 3.63) is 10.6 Å². The van der Waals surface area contributed by atoms with Gasteiger partial charge in [-0.1, -0.05) is 52.9 Å². The standard InChI is InChI=1S/C18H31N3OS/c1-5-6-7-8-9-10-11-19-16(22)15-14(2)21-13-18(3,4)12-20-17(21)23-15/h5-13H2,1-4H3,(H,19,22). The molecule has 0 atom stereocenters. The Bertz CT molecular complexity index is 496. The van der Waals surface area contributed by atoms with Crippen molar-refractivity contribution in [1.29, 1.82) is 0 Å². The van der Waals surface area contributed by atoms with Crippen LogP contribution in [0.15, 0.2) is 15.6 Å². The lowest BCUT2D eigenvalue weighted by Crippen LogP contribution is -2.40. The third kappa shape index (κ3) is 5.00. The van der Waals surface area contributed by atoms with Gasteiger partial charge in [-0.3, -0.25) is 9.79 Å². The van der Waals surface area contributed by atoms with Gasteiger partial charge in [0.2, 0.25) is 0 Å². The van der Waals surface area contributed by atoms with Crippen molar-refractivity contribution in [3.8, 4) is 0 Å². The maximum Gasteiger partial charge on any atom is 0.259 e. The fourth-order valence-corrected chi connectivity index (χ4v) is 3.99. The summed E-state index contributed by atoms with van der Waals surface area (Å²) in [5.41, 5.74) is 1.23. The average molecular weight is 338 g/mol. The van der Waals surface area contributed by atoms with Crippen molar-refractivity contribution in [2.45, 2.75) is 66.2 Å². The molecular formula is C18H31N3OS. The third-order valence-electron chi connectivity index (χ3n) is 4.41. The number of amides is 1. The van der Waals surface area contributed by atoms with Crippen LogP contribution in [0, 0.1) is 5.41 Å². The van der Waals surface area contributed by atoms with Crippen molar-refractivity contribution < 1.29 is 4.79 Å². The highest BCUT2D eigenvalue weighted by Gasteiger charge is 2.37. The van der Waals surface area contributed by atoms with Crippen molar-refractivity contribution in [3.63, 3.8) is 0 Å². The fraction of sp³-hybridized carbons (Fsp3) is 0.778. The molecule has 0 aromatic heterocycles. The second kappa shape index (κ2) is 8.22. The number of hydrogen-bond acceptors (Lipinski definition) is 4. The van der Waals surface area contributed by atoms with E-state index in [2.05, 4.69) is 36.0 Å². The lowest BCUT2D eigenvalue weighted by Gasteiger charge is -2.35. The van der Waals surface area contributed by atoms with E-state index in [0.29, 0.717) is 0 Å². The number of hydrogen-bond donors (Lipinski definition) is 1. The Balaban J connectivity index is 1.78. The number of nitrogens with zero attached hydrogens (tertiary/aromatic N) is 2. The van der Waals surface area contributed by atoms with E-state index < -0.39 is 0 Å². The summed E-state index contributed by atoms with van der Waals surface area (Å²) in [5.74, 6) is 0.0657. The molecule has 23 heavy (non-hydrogen) atoms. The molecule has 0 bridgehead atoms. The summed E-state index contributed by atoms with van der Waals surface area (Å²) < 4.78 is 0. The molecule has 2 rings (SSSR count). The van der Waals surface area contributed by atoms with Crippen molar-refractivity contribution in [1.82, 2.24) is 10.2 Å². The Morgan fingerprint density at radius 1 is 1.26 bits per heavy atom. The van der Waals surface area contributed by atoms with E-state index >= 15 is 0 Å². The van der Waals surface area contributed by atoms with Crippen molar-refractivity contribution in [2.24, 2.45) is 10.4 Å². The Hall–Kier alpha value is -0.970. The highest BCUT2D eigenvalue weighted by molar-refractivity contribution is 8.18. The first kappa shape index (κ1) is 18.4. The summed E-state index contributed by atoms with van der Waals surface area (Å²) in [6.07, 6.45) is 7.47. The van der Waals surface area contributed by atoms with E-state index in [-0.39, 0.29) is 11.3 Å². The van der Waals surface area contributed by atoms with Gasteiger partial charge in [-0.15, -0.1) is 0 Å². The molecule has 0 spiro atoms. The van der Waals surface area contributed by atoms with Crippen LogP contribution in [-0.4, -0.2) is 35.6 Å². The van der Waals surface area contributed by atoms with Crippen molar-refractivity contribution in [2.75, 3.05) is 19.6 Å². The topological polar surface area (TPSA) is 44.7 Å². The van der Waals surface area contributed by atoms with Gasteiger partial charge in [0.25, 0.3) is 5.91 Å². The molecule has 0 aliphatic carbocycles. The molecule has 2 heterocycles. The number of carbonyl (C=O) groups excluding carboxylic acids is 1. The number of unbranched alkanes of at least 4 members (excludes halogenated alkanes) is 5. The zero-order valence-corrected chi connectivity index (χ0v) is 15.9. The fourth-order valence-electron chi connectivity index (χ4n) is 2.95. The highest BCUT2D eigenvalue weighted by atomic mass is 32.2. The minimum atomic E-state index is 0.0657. The van der Waals surface area contributed by atoms with E-state index in [1.54, 1.807) is 0 Å². The molecule has 0 fully saturated rings. The van der Waals surface area contributed by atoms with Gasteiger partial charge in [0.05, 0.1) is 4.91 Å². The first-order valence-electron chi connectivity index (χ1n) is 8.93. The van der Waals surface area contributed by atoms with Crippen LogP contribution < -0.4 is 5.32 Å². The normalized spacial score (nSPS) is 19.7. The second-order valence-corrected chi connectivity index (χ2v) is 8.37. The molecule has 0 aromatic rings. The molecule has 0 unspecified atom stereocenters. The molecular weight excluding hydrogens is 306 g/mol. The van der Waals surface area contributed by atoms with Gasteiger partial charge in [-0.25, -0.2) is 0 Å². The van der Waals surface area contributed by atoms with Gasteiger partial charge in [-0.2, -0.15) is 0 Å². The molecule has 2 aliphatic rings. The molecule has 0 saturated carbocycles. The van der Waals surface area contributed by atoms with Gasteiger partial charge in [-0.05, 0) is 25.1 Å². The summed E-state index contributed by atoms with van der Waals surface area (Å²) in [6.45, 7) is 11.3. The molecule has 130 valence electrons. The van der Waals surface area contributed by atoms with Crippen LogP contribution in [0.5, 0.6) is 0 Å². The summed E-state index contributed by atoms with van der Waals surface area (Å²) in [7, 11) is 0. The largest absolute Gasteiger partial charge is 0.352 e. The number of carbonyl (C=O) groups is 1. The number of amidine groups is 1. The number of rotatable bonds is 8. The SMILES string of the molecule is CCCCCCCCNC(=O)C1=C(C)N2CC(C)(C)CN=C2S1. The van der Waals surface area contributed by atoms with Gasteiger partial charge in [0.1, 0.15) is 0 Å². The van der Waals surface area contributed by atoms with E-state index in [0.717, 1.165) is 41.8 Å². The predicted octanol–water partition coefficient (Wildman–Crippen LogP) is 4.14. The molecule has 0 saturated heterocycles. The molecule has 0 radical (unpaired) electrons. The Morgan fingerprint density at radius 2 is 1.96 bits per heavy atom. The lowest BCUT2D eigenvalue weighted by molar-refractivity contribution is -0.116. The van der Waals surface area contributed by atoms with Gasteiger partial charge < -0.3 is 10.2 Å². The highest BCUT2D eigenvalue weighted by Crippen LogP contribution is 2.39. The molecule has 2 aliphatic heterocycles. The number of fused-ring (bicyclic) bond motifs is 1. The van der Waals surface area contributed by atoms with Crippen LogP contribution in [-0.2, 0) is 4.79 Å². The molecule has 0 aromatic carbocycles. The maximum atomic E-state index is 12.4. The summed E-state index contributed by atoms with van der Waals surface area (Å²) in [6, 6.07) is 0. The summed E-state index contributed by atoms with van der Waals surface area (Å²) in [5, 5.41) is 4.07. The molecule has 4 nitrogen and oxygen atoms in total. The predicted molar refractivity (Wildman–Crippen MR) is 99.5 cm³/mol. The van der Waals surface area contributed by atoms with Crippen LogP contribution in [0.2, 0.25) is 0 Å². The number of allylic oxidation sites excluding steroid dienone is 1. The van der Waals surface area contributed by atoms with E-state index in [1.807, 2.05) is 6.92 Å². The van der Waals surface area contributed by atoms with E-state index in [1.165, 1.54) is 43.9 Å². The van der Waals surface area contributed by atoms with Crippen LogP contribution >= 0.6 is 11.8 Å². The maximum absolute atomic E-state index is 12.4. The monoisotopic (exact) mass is 337 g/mol. The summed E-state index contributed by atoms with van der Waals surface area (Å²) >= 11 is 1.53. The zero-order chi connectivity index (χ0) is 16.9. The molecule has 5 heteroatoms. The van der Waals surface area contributed by atoms with E-state index in [4.69, 9.17) is 0 Å².